The average Bonchev–Trinajstić information content (AvgIpc) is 2.85. The van der Waals surface area contributed by atoms with E-state index in [0.717, 1.165) is 0 Å². The number of carbonyl (C=O) groups excluding carboxylic acids is 3. The quantitative estimate of drug-likeness (QED) is 0.185. The smallest absolute Gasteiger partial charge is 0.331 e. The van der Waals surface area contributed by atoms with Crippen LogP contribution in [-0.4, -0.2) is 62.3 Å². The minimum Gasteiger partial charge on any atom is -0.484 e. The summed E-state index contributed by atoms with van der Waals surface area (Å²) in [5, 5.41) is 13.0. The maximum atomic E-state index is 13.0. The average molecular weight is 520 g/mol. The van der Waals surface area contributed by atoms with E-state index in [2.05, 4.69) is 5.32 Å². The van der Waals surface area contributed by atoms with Crippen LogP contribution in [0.25, 0.3) is 0 Å². The Bertz CT molecular complexity index is 1130. The lowest BCUT2D eigenvalue weighted by Gasteiger charge is -2.56. The van der Waals surface area contributed by atoms with Gasteiger partial charge in [0, 0.05) is 17.9 Å². The van der Waals surface area contributed by atoms with Gasteiger partial charge in [0.2, 0.25) is 5.91 Å². The largest absolute Gasteiger partial charge is 0.484 e. The number of esters is 1. The molecule has 0 bridgehead atoms. The van der Waals surface area contributed by atoms with Crippen molar-refractivity contribution >= 4 is 46.8 Å². The second-order valence-corrected chi connectivity index (χ2v) is 10.3. The number of halogens is 1. The van der Waals surface area contributed by atoms with E-state index in [-0.39, 0.29) is 18.9 Å². The molecule has 2 fully saturated rings. The highest BCUT2D eigenvalue weighted by Gasteiger charge is 2.61. The Morgan fingerprint density at radius 1 is 1.23 bits per heavy atom. The summed E-state index contributed by atoms with van der Waals surface area (Å²) >= 11 is 7.98. The number of fused-ring (bicyclic) bond motifs is 1. The fourth-order valence-electron chi connectivity index (χ4n) is 3.87. The molecule has 2 aromatic carbocycles. The van der Waals surface area contributed by atoms with Gasteiger partial charge in [-0.2, -0.15) is 0 Å². The first kappa shape index (κ1) is 24.8. The van der Waals surface area contributed by atoms with Crippen molar-refractivity contribution in [3.8, 4) is 5.75 Å². The molecule has 12 heteroatoms. The van der Waals surface area contributed by atoms with Crippen LogP contribution in [0.15, 0.2) is 54.6 Å². The number of hydrogen-bond donors (Lipinski definition) is 1. The molecule has 2 aromatic rings. The highest BCUT2D eigenvalue weighted by molar-refractivity contribution is 8.00. The number of non-ortho nitro benzene ring substituents is 1. The van der Waals surface area contributed by atoms with E-state index in [1.165, 1.54) is 40.9 Å². The van der Waals surface area contributed by atoms with Crippen molar-refractivity contribution < 1.29 is 28.8 Å². The van der Waals surface area contributed by atoms with Gasteiger partial charge in [0.25, 0.3) is 11.6 Å². The Balaban J connectivity index is 1.36. The van der Waals surface area contributed by atoms with Crippen molar-refractivity contribution in [2.45, 2.75) is 35.9 Å². The van der Waals surface area contributed by atoms with Gasteiger partial charge in [0.1, 0.15) is 23.8 Å². The first-order valence-electron chi connectivity index (χ1n) is 10.7. The van der Waals surface area contributed by atoms with Crippen molar-refractivity contribution in [1.29, 1.82) is 0 Å². The van der Waals surface area contributed by atoms with Gasteiger partial charge in [-0.05, 0) is 36.8 Å². The number of nitrogens with zero attached hydrogens (tertiary/aromatic N) is 2. The number of benzene rings is 2. The number of hydrogen-bond acceptors (Lipinski definition) is 8. The lowest BCUT2D eigenvalue weighted by Crippen LogP contribution is -2.78. The third-order valence-corrected chi connectivity index (χ3v) is 7.75. The Labute approximate surface area is 210 Å². The predicted octanol–water partition coefficient (Wildman–Crippen LogP) is 2.48. The normalized spacial score (nSPS) is 25.1. The molecule has 0 spiro atoms. The number of amides is 2. The van der Waals surface area contributed by atoms with Crippen LogP contribution in [0.1, 0.15) is 12.5 Å². The molecule has 2 aliphatic rings. The first-order valence-corrected chi connectivity index (χ1v) is 12.1. The number of ether oxygens (including phenoxy) is 2. The van der Waals surface area contributed by atoms with E-state index in [9.17, 15) is 24.5 Å². The molecule has 2 aliphatic heterocycles. The molecule has 35 heavy (non-hydrogen) atoms. The molecular weight excluding hydrogens is 498 g/mol. The summed E-state index contributed by atoms with van der Waals surface area (Å²) in [6.45, 7) is 1.28. The van der Waals surface area contributed by atoms with Gasteiger partial charge in [0.15, 0.2) is 12.6 Å². The Hall–Kier alpha value is -3.31. The lowest BCUT2D eigenvalue weighted by molar-refractivity contribution is -0.384. The van der Waals surface area contributed by atoms with Crippen LogP contribution in [0.4, 0.5) is 5.69 Å². The number of thioether (sulfide) groups is 1. The summed E-state index contributed by atoms with van der Waals surface area (Å²) in [6, 6.07) is 12.6. The lowest BCUT2D eigenvalue weighted by atomic mass is 9.94. The third-order valence-electron chi connectivity index (χ3n) is 5.65. The van der Waals surface area contributed by atoms with E-state index >= 15 is 0 Å². The van der Waals surface area contributed by atoms with Crippen LogP contribution in [0.2, 0.25) is 0 Å². The Kier molecular flexibility index (Phi) is 7.18. The molecule has 2 amide bonds. The standard InChI is InChI=1S/C23H22ClN3O7S/c1-23(24)13-35-21-18(25-17(28)12-33-16-5-3-2-4-6-16)20(29)26(21)19(23)22(30)34-11-14-7-9-15(10-8-14)27(31)32/h2-10,18-19,21H,11-13H2,1H3,(H,25,28)/t18-,19+,21+,23-/m1/s1. The Morgan fingerprint density at radius 2 is 1.91 bits per heavy atom. The molecule has 4 atom stereocenters. The second kappa shape index (κ2) is 10.1. The summed E-state index contributed by atoms with van der Waals surface area (Å²) in [5.74, 6) is -0.683. The number of carbonyl (C=O) groups is 3. The summed E-state index contributed by atoms with van der Waals surface area (Å²) in [7, 11) is 0. The van der Waals surface area contributed by atoms with Crippen LogP contribution < -0.4 is 10.1 Å². The van der Waals surface area contributed by atoms with Crippen LogP contribution in [0.3, 0.4) is 0 Å². The zero-order chi connectivity index (χ0) is 25.2. The van der Waals surface area contributed by atoms with Crippen molar-refractivity contribution in [3.63, 3.8) is 0 Å². The highest BCUT2D eigenvalue weighted by Crippen LogP contribution is 2.45. The van der Waals surface area contributed by atoms with Crippen molar-refractivity contribution in [3.05, 3.63) is 70.3 Å². The van der Waals surface area contributed by atoms with Gasteiger partial charge in [0.05, 0.1) is 9.80 Å². The van der Waals surface area contributed by atoms with E-state index in [0.29, 0.717) is 17.1 Å². The van der Waals surface area contributed by atoms with E-state index in [4.69, 9.17) is 21.1 Å². The van der Waals surface area contributed by atoms with Crippen molar-refractivity contribution in [2.75, 3.05) is 12.4 Å². The van der Waals surface area contributed by atoms with Gasteiger partial charge >= 0.3 is 5.97 Å². The molecular formula is C23H22ClN3O7S. The molecule has 2 heterocycles. The SMILES string of the molecule is C[C@@]1(Cl)CS[C@H]2[C@H](NC(=O)COc3ccccc3)C(=O)N2[C@H]1C(=O)OCc1ccc([N+](=O)[O-])cc1. The topological polar surface area (TPSA) is 128 Å². The van der Waals surface area contributed by atoms with Crippen LogP contribution in [0, 0.1) is 10.1 Å². The highest BCUT2D eigenvalue weighted by atomic mass is 35.5. The first-order chi connectivity index (χ1) is 16.7. The summed E-state index contributed by atoms with van der Waals surface area (Å²) in [6.07, 6.45) is 0. The number of nitrogens with one attached hydrogen (secondary N) is 1. The fraction of sp³-hybridized carbons (Fsp3) is 0.348. The molecule has 10 nitrogen and oxygen atoms in total. The minimum atomic E-state index is -1.07. The molecule has 0 radical (unpaired) electrons. The van der Waals surface area contributed by atoms with Gasteiger partial charge in [-0.3, -0.25) is 19.7 Å². The maximum absolute atomic E-state index is 13.0. The van der Waals surface area contributed by atoms with Gasteiger partial charge in [-0.15, -0.1) is 23.4 Å². The number of para-hydroxylation sites is 1. The molecule has 184 valence electrons. The monoisotopic (exact) mass is 519 g/mol. The molecule has 0 aliphatic carbocycles. The van der Waals surface area contributed by atoms with Crippen molar-refractivity contribution in [1.82, 2.24) is 10.2 Å². The van der Waals surface area contributed by atoms with E-state index in [1.54, 1.807) is 31.2 Å². The van der Waals surface area contributed by atoms with E-state index < -0.39 is 45.0 Å². The Morgan fingerprint density at radius 3 is 2.57 bits per heavy atom. The molecule has 0 unspecified atom stereocenters. The molecule has 0 aromatic heterocycles. The van der Waals surface area contributed by atoms with Gasteiger partial charge in [-0.25, -0.2) is 4.79 Å². The van der Waals surface area contributed by atoms with E-state index in [1.807, 2.05) is 6.07 Å². The molecule has 0 saturated carbocycles. The second-order valence-electron chi connectivity index (χ2n) is 8.31. The zero-order valence-electron chi connectivity index (χ0n) is 18.6. The summed E-state index contributed by atoms with van der Waals surface area (Å²) in [4.78, 5) is 48.7. The number of β-lactam (4-membered cyclic amide) rings is 1. The predicted molar refractivity (Wildman–Crippen MR) is 128 cm³/mol. The fourth-order valence-corrected chi connectivity index (χ4v) is 5.68. The maximum Gasteiger partial charge on any atom is 0.331 e. The zero-order valence-corrected chi connectivity index (χ0v) is 20.2. The third kappa shape index (κ3) is 5.35. The number of alkyl halides is 1. The van der Waals surface area contributed by atoms with Crippen molar-refractivity contribution in [2.24, 2.45) is 0 Å². The molecule has 1 N–H and O–H groups in total. The number of rotatable bonds is 8. The number of nitro groups is 1. The summed E-state index contributed by atoms with van der Waals surface area (Å²) < 4.78 is 10.8. The van der Waals surface area contributed by atoms with Crippen LogP contribution >= 0.6 is 23.4 Å². The van der Waals surface area contributed by atoms with Gasteiger partial charge < -0.3 is 19.7 Å². The number of nitro benzene ring substituents is 1. The summed E-state index contributed by atoms with van der Waals surface area (Å²) in [5.41, 5.74) is 0.481. The minimum absolute atomic E-state index is 0.0750. The molecule has 2 saturated heterocycles. The van der Waals surface area contributed by atoms with Gasteiger partial charge in [-0.1, -0.05) is 18.2 Å². The molecule has 4 rings (SSSR count). The van der Waals surface area contributed by atoms with Crippen LogP contribution in [-0.2, 0) is 25.7 Å². The van der Waals surface area contributed by atoms with Crippen LogP contribution in [0.5, 0.6) is 5.75 Å².